The molecule has 0 aromatic rings. The first-order valence-corrected chi connectivity index (χ1v) is 6.91. The highest BCUT2D eigenvalue weighted by Gasteiger charge is 2.46. The molecule has 1 aliphatic heterocycles. The van der Waals surface area contributed by atoms with Gasteiger partial charge in [-0.1, -0.05) is 13.8 Å². The minimum Gasteiger partial charge on any atom is -0.346 e. The maximum absolute atomic E-state index is 12.3. The third-order valence-corrected chi connectivity index (χ3v) is 3.04. The second kappa shape index (κ2) is 8.37. The summed E-state index contributed by atoms with van der Waals surface area (Å²) in [6.07, 6.45) is -10.4. The topological polar surface area (TPSA) is 70.2 Å². The first kappa shape index (κ1) is 21.5. The summed E-state index contributed by atoms with van der Waals surface area (Å²) in [5.41, 5.74) is -1.56. The molecule has 1 aliphatic rings. The summed E-state index contributed by atoms with van der Waals surface area (Å²) in [6, 6.07) is 0. The smallest absolute Gasteiger partial charge is 0.346 e. The first-order chi connectivity index (χ1) is 10.5. The number of amides is 2. The fraction of sp³-hybridized carbons (Fsp3) is 0.833. The number of carbonyl (C=O) groups excluding carboxylic acids is 2. The molecule has 0 bridgehead atoms. The highest BCUT2D eigenvalue weighted by molar-refractivity contribution is 5.83. The van der Waals surface area contributed by atoms with Gasteiger partial charge in [0, 0.05) is 6.54 Å². The van der Waals surface area contributed by atoms with Crippen LogP contribution in [0, 0.1) is 0 Å². The maximum Gasteiger partial charge on any atom is 0.471 e. The molecular formula is C12H19F6N3O2. The molecule has 136 valence electrons. The second-order valence-corrected chi connectivity index (χ2v) is 4.66. The van der Waals surface area contributed by atoms with Gasteiger partial charge in [-0.15, -0.1) is 0 Å². The molecule has 1 saturated heterocycles. The molecule has 1 fully saturated rings. The van der Waals surface area contributed by atoms with Crippen molar-refractivity contribution in [1.29, 1.82) is 0 Å². The molecule has 0 spiro atoms. The molecule has 0 unspecified atom stereocenters. The molecule has 5 nitrogen and oxygen atoms in total. The Bertz CT molecular complexity index is 403. The monoisotopic (exact) mass is 351 g/mol. The zero-order valence-electron chi connectivity index (χ0n) is 12.6. The summed E-state index contributed by atoms with van der Waals surface area (Å²) < 4.78 is 73.1. The number of hydrogen-bond acceptors (Lipinski definition) is 3. The molecule has 0 aliphatic carbocycles. The molecule has 0 aromatic heterocycles. The predicted octanol–water partition coefficient (Wildman–Crippen LogP) is 1.49. The molecule has 11 heteroatoms. The number of nitrogens with one attached hydrogen (secondary N) is 3. The van der Waals surface area contributed by atoms with Gasteiger partial charge in [-0.2, -0.15) is 26.3 Å². The standard InChI is InChI=1S/C10H13F6N3O2.C2H6/c11-9(12,13)6(20)18-5-8(1-3-17-4-2-8)19-7(21)10(14,15)16;1-2/h17H,1-5H2,(H,18,20)(H,19,21);1-2H3. The van der Waals surface area contributed by atoms with Gasteiger partial charge in [-0.25, -0.2) is 0 Å². The van der Waals surface area contributed by atoms with E-state index in [-0.39, 0.29) is 25.9 Å². The van der Waals surface area contributed by atoms with Crippen molar-refractivity contribution in [3.8, 4) is 0 Å². The fourth-order valence-corrected chi connectivity index (χ4v) is 1.91. The first-order valence-electron chi connectivity index (χ1n) is 6.91. The van der Waals surface area contributed by atoms with Gasteiger partial charge in [0.05, 0.1) is 5.54 Å². The molecule has 0 atom stereocenters. The third kappa shape index (κ3) is 7.06. The van der Waals surface area contributed by atoms with Crippen LogP contribution >= 0.6 is 0 Å². The average Bonchev–Trinajstić information content (AvgIpc) is 2.46. The Labute approximate surface area is 129 Å². The number of halogens is 6. The molecule has 0 saturated carbocycles. The van der Waals surface area contributed by atoms with Crippen LogP contribution in [0.1, 0.15) is 26.7 Å². The lowest BCUT2D eigenvalue weighted by Gasteiger charge is -2.38. The zero-order chi connectivity index (χ0) is 18.3. The van der Waals surface area contributed by atoms with Gasteiger partial charge in [0.15, 0.2) is 0 Å². The number of hydrogen-bond donors (Lipinski definition) is 3. The highest BCUT2D eigenvalue weighted by Crippen LogP contribution is 2.23. The Balaban J connectivity index is 0.00000232. The van der Waals surface area contributed by atoms with Crippen LogP contribution in [0.2, 0.25) is 0 Å². The normalized spacial score (nSPS) is 17.6. The Morgan fingerprint density at radius 3 is 1.78 bits per heavy atom. The molecular weight excluding hydrogens is 332 g/mol. The Morgan fingerprint density at radius 2 is 1.39 bits per heavy atom. The quantitative estimate of drug-likeness (QED) is 0.675. The molecule has 0 radical (unpaired) electrons. The maximum atomic E-state index is 12.3. The van der Waals surface area contributed by atoms with Crippen LogP contribution in [0.25, 0.3) is 0 Å². The summed E-state index contributed by atoms with van der Waals surface area (Å²) >= 11 is 0. The van der Waals surface area contributed by atoms with Crippen LogP contribution in [0.3, 0.4) is 0 Å². The van der Waals surface area contributed by atoms with Gasteiger partial charge >= 0.3 is 24.2 Å². The minimum atomic E-state index is -5.15. The zero-order valence-corrected chi connectivity index (χ0v) is 12.6. The van der Waals surface area contributed by atoms with E-state index in [0.717, 1.165) is 0 Å². The van der Waals surface area contributed by atoms with Gasteiger partial charge in [0.1, 0.15) is 0 Å². The second-order valence-electron chi connectivity index (χ2n) is 4.66. The van der Waals surface area contributed by atoms with E-state index in [1.165, 1.54) is 5.32 Å². The van der Waals surface area contributed by atoms with E-state index in [0.29, 0.717) is 0 Å². The summed E-state index contributed by atoms with van der Waals surface area (Å²) in [4.78, 5) is 21.7. The lowest BCUT2D eigenvalue weighted by molar-refractivity contribution is -0.177. The van der Waals surface area contributed by atoms with E-state index in [4.69, 9.17) is 0 Å². The van der Waals surface area contributed by atoms with Gasteiger partial charge in [0.2, 0.25) is 0 Å². The molecule has 3 N–H and O–H groups in total. The van der Waals surface area contributed by atoms with Crippen molar-refractivity contribution in [2.45, 2.75) is 44.6 Å². The van der Waals surface area contributed by atoms with Crippen molar-refractivity contribution in [3.63, 3.8) is 0 Å². The van der Waals surface area contributed by atoms with Crippen molar-refractivity contribution >= 4 is 11.8 Å². The summed E-state index contributed by atoms with van der Waals surface area (Å²) in [6.45, 7) is 3.69. The van der Waals surface area contributed by atoms with Gasteiger partial charge in [-0.3, -0.25) is 9.59 Å². The number of piperidine rings is 1. The average molecular weight is 351 g/mol. The van der Waals surface area contributed by atoms with Crippen molar-refractivity contribution in [2.75, 3.05) is 19.6 Å². The summed E-state index contributed by atoms with van der Waals surface area (Å²) in [5.74, 6) is -4.51. The Kier molecular flexibility index (Phi) is 7.81. The summed E-state index contributed by atoms with van der Waals surface area (Å²) in [7, 11) is 0. The van der Waals surface area contributed by atoms with Crippen LogP contribution in [0.4, 0.5) is 26.3 Å². The highest BCUT2D eigenvalue weighted by atomic mass is 19.4. The van der Waals surface area contributed by atoms with E-state index in [2.05, 4.69) is 5.32 Å². The summed E-state index contributed by atoms with van der Waals surface area (Å²) in [5, 5.41) is 6.01. The van der Waals surface area contributed by atoms with Crippen LogP contribution in [0.15, 0.2) is 0 Å². The molecule has 1 rings (SSSR count). The van der Waals surface area contributed by atoms with Crippen molar-refractivity contribution in [2.24, 2.45) is 0 Å². The van der Waals surface area contributed by atoms with Gasteiger partial charge < -0.3 is 16.0 Å². The minimum absolute atomic E-state index is 0.0348. The van der Waals surface area contributed by atoms with Crippen LogP contribution < -0.4 is 16.0 Å². The lowest BCUT2D eigenvalue weighted by Crippen LogP contribution is -2.62. The number of alkyl halides is 6. The Hall–Kier alpha value is -1.52. The van der Waals surface area contributed by atoms with E-state index < -0.39 is 36.3 Å². The van der Waals surface area contributed by atoms with E-state index in [1.807, 2.05) is 13.8 Å². The van der Waals surface area contributed by atoms with E-state index in [9.17, 15) is 35.9 Å². The largest absolute Gasteiger partial charge is 0.471 e. The molecule has 23 heavy (non-hydrogen) atoms. The number of rotatable bonds is 3. The van der Waals surface area contributed by atoms with E-state index >= 15 is 0 Å². The van der Waals surface area contributed by atoms with E-state index in [1.54, 1.807) is 5.32 Å². The molecule has 2 amide bonds. The van der Waals surface area contributed by atoms with Crippen LogP contribution in [-0.2, 0) is 9.59 Å². The van der Waals surface area contributed by atoms with Crippen molar-refractivity contribution < 1.29 is 35.9 Å². The predicted molar refractivity (Wildman–Crippen MR) is 69.4 cm³/mol. The molecule has 1 heterocycles. The van der Waals surface area contributed by atoms with Crippen molar-refractivity contribution in [3.05, 3.63) is 0 Å². The number of carbonyl (C=O) groups is 2. The fourth-order valence-electron chi connectivity index (χ4n) is 1.91. The Morgan fingerprint density at radius 1 is 0.957 bits per heavy atom. The lowest BCUT2D eigenvalue weighted by atomic mass is 9.88. The third-order valence-electron chi connectivity index (χ3n) is 3.04. The van der Waals surface area contributed by atoms with Crippen LogP contribution in [-0.4, -0.2) is 49.3 Å². The molecule has 0 aromatic carbocycles. The van der Waals surface area contributed by atoms with Gasteiger partial charge in [-0.05, 0) is 25.9 Å². The van der Waals surface area contributed by atoms with Gasteiger partial charge in [0.25, 0.3) is 0 Å². The van der Waals surface area contributed by atoms with Crippen LogP contribution in [0.5, 0.6) is 0 Å². The van der Waals surface area contributed by atoms with Crippen molar-refractivity contribution in [1.82, 2.24) is 16.0 Å². The SMILES string of the molecule is CC.O=C(NCC1(NC(=O)C(F)(F)F)CCNCC1)C(F)(F)F.